The molecule has 0 saturated heterocycles. The average Bonchev–Trinajstić information content (AvgIpc) is 2.37. The van der Waals surface area contributed by atoms with Crippen LogP contribution in [0, 0.1) is 10.1 Å². The van der Waals surface area contributed by atoms with Gasteiger partial charge < -0.3 is 9.84 Å². The van der Waals surface area contributed by atoms with Crippen LogP contribution < -0.4 is 0 Å². The molecule has 1 rings (SSSR count). The van der Waals surface area contributed by atoms with Gasteiger partial charge >= 0.3 is 24.3 Å². The smallest absolute Gasteiger partial charge is 0.491 e. The van der Waals surface area contributed by atoms with Crippen LogP contribution in [0.25, 0.3) is 0 Å². The van der Waals surface area contributed by atoms with Crippen LogP contribution >= 0.6 is 0 Å². The molecule has 7 nitrogen and oxygen atoms in total. The second kappa shape index (κ2) is 7.42. The second-order valence-electron chi connectivity index (χ2n) is 3.45. The number of phenols is 1. The van der Waals surface area contributed by atoms with Crippen molar-refractivity contribution in [3.05, 3.63) is 34.4 Å². The van der Waals surface area contributed by atoms with Gasteiger partial charge in [0.25, 0.3) is 5.69 Å². The first-order valence-electron chi connectivity index (χ1n) is 5.08. The number of phenolic OH excluding ortho intramolecular Hbond substituents is 1. The lowest BCUT2D eigenvalue weighted by Gasteiger charge is -2.06. The minimum Gasteiger partial charge on any atom is -0.508 e. The fourth-order valence-corrected chi connectivity index (χ4v) is 0.807. The van der Waals surface area contributed by atoms with Gasteiger partial charge in [0.1, 0.15) is 5.75 Å². The summed E-state index contributed by atoms with van der Waals surface area (Å²) < 4.78 is 69.7. The van der Waals surface area contributed by atoms with Crippen LogP contribution in [0.2, 0.25) is 0 Å². The Morgan fingerprint density at radius 1 is 1.04 bits per heavy atom. The molecule has 0 aromatic heterocycles. The van der Waals surface area contributed by atoms with E-state index in [1.165, 1.54) is 18.2 Å². The van der Waals surface area contributed by atoms with E-state index < -0.39 is 29.2 Å². The number of hydrogen-bond donors (Lipinski definition) is 1. The normalized spacial score (nSPS) is 11.0. The Hall–Kier alpha value is -2.86. The number of nitro benzene ring substituents is 1. The molecule has 0 unspecified atom stereocenters. The van der Waals surface area contributed by atoms with Gasteiger partial charge in [0.15, 0.2) is 0 Å². The number of carbonyl (C=O) groups excluding carboxylic acids is 2. The van der Waals surface area contributed by atoms with Crippen molar-refractivity contribution in [3.8, 4) is 5.75 Å². The van der Waals surface area contributed by atoms with Crippen LogP contribution in [0.15, 0.2) is 24.3 Å². The van der Waals surface area contributed by atoms with Crippen LogP contribution in [0.4, 0.5) is 32.0 Å². The van der Waals surface area contributed by atoms with Gasteiger partial charge in [-0.3, -0.25) is 10.1 Å². The lowest BCUT2D eigenvalue weighted by molar-refractivity contribution is -0.384. The summed E-state index contributed by atoms with van der Waals surface area (Å²) in [4.78, 5) is 28.8. The van der Waals surface area contributed by atoms with Crippen molar-refractivity contribution < 1.29 is 50.7 Å². The molecule has 1 aromatic carbocycles. The summed E-state index contributed by atoms with van der Waals surface area (Å²) in [5.74, 6) is -6.49. The summed E-state index contributed by atoms with van der Waals surface area (Å²) >= 11 is 0. The Kier molecular flexibility index (Phi) is 6.49. The van der Waals surface area contributed by atoms with Crippen LogP contribution in [0.5, 0.6) is 5.75 Å². The van der Waals surface area contributed by atoms with Gasteiger partial charge in [-0.1, -0.05) is 6.07 Å². The van der Waals surface area contributed by atoms with E-state index in [4.69, 9.17) is 5.11 Å². The maximum atomic E-state index is 11.2. The van der Waals surface area contributed by atoms with E-state index in [2.05, 4.69) is 4.74 Å². The number of esters is 2. The molecule has 0 aliphatic rings. The third-order valence-electron chi connectivity index (χ3n) is 1.69. The predicted molar refractivity (Wildman–Crippen MR) is 58.0 cm³/mol. The summed E-state index contributed by atoms with van der Waals surface area (Å²) in [7, 11) is 0. The van der Waals surface area contributed by atoms with Crippen molar-refractivity contribution in [2.45, 2.75) is 12.4 Å². The van der Waals surface area contributed by atoms with Gasteiger partial charge in [0.2, 0.25) is 0 Å². The number of rotatable bonds is 1. The van der Waals surface area contributed by atoms with Crippen LogP contribution in [-0.4, -0.2) is 34.3 Å². The van der Waals surface area contributed by atoms with Gasteiger partial charge in [-0.2, -0.15) is 26.3 Å². The third-order valence-corrected chi connectivity index (χ3v) is 1.69. The molecule has 23 heavy (non-hydrogen) atoms. The zero-order valence-electron chi connectivity index (χ0n) is 10.5. The summed E-state index contributed by atoms with van der Waals surface area (Å²) in [5, 5.41) is 18.8. The number of nitrogens with zero attached hydrogens (tertiary/aromatic N) is 1. The molecule has 0 aliphatic carbocycles. The number of benzene rings is 1. The number of alkyl halides is 6. The molecule has 0 spiro atoms. The maximum Gasteiger partial charge on any atom is 0.491 e. The van der Waals surface area contributed by atoms with Crippen molar-refractivity contribution in [1.82, 2.24) is 0 Å². The molecule has 1 N–H and O–H groups in total. The van der Waals surface area contributed by atoms with E-state index in [0.717, 1.165) is 6.07 Å². The summed E-state index contributed by atoms with van der Waals surface area (Å²) in [6, 6.07) is 5.22. The summed E-state index contributed by atoms with van der Waals surface area (Å²) in [6.45, 7) is 0. The highest BCUT2D eigenvalue weighted by Crippen LogP contribution is 2.21. The first-order chi connectivity index (χ1) is 10.2. The Bertz CT molecular complexity index is 572. The molecule has 0 atom stereocenters. The van der Waals surface area contributed by atoms with Crippen LogP contribution in [-0.2, 0) is 14.3 Å². The average molecular weight is 349 g/mol. The number of aromatic hydroxyl groups is 1. The number of nitro groups is 1. The molecular formula is C10H5F6NO6. The van der Waals surface area contributed by atoms with Gasteiger partial charge in [-0.05, 0) is 6.07 Å². The third kappa shape index (κ3) is 7.63. The molecule has 128 valence electrons. The molecule has 13 heteroatoms. The number of halogens is 6. The molecule has 0 amide bonds. The standard InChI is InChI=1S/C6H5NO3.C4F6O3/c8-6-3-1-2-5(4-6)7(9)10;5-3(6,7)1(11)13-2(12)4(8,9)10/h1-4,8H;. The number of non-ortho nitro benzene ring substituents is 1. The minimum atomic E-state index is -5.62. The lowest BCUT2D eigenvalue weighted by atomic mass is 10.3. The number of ether oxygens (including phenoxy) is 1. The van der Waals surface area contributed by atoms with Gasteiger partial charge in [0.05, 0.1) is 11.0 Å². The zero-order valence-corrected chi connectivity index (χ0v) is 10.5. The van der Waals surface area contributed by atoms with Crippen molar-refractivity contribution in [2.24, 2.45) is 0 Å². The molecule has 0 saturated carbocycles. The molecule has 0 radical (unpaired) electrons. The minimum absolute atomic E-state index is 0.0887. The number of carbonyl (C=O) groups is 2. The summed E-state index contributed by atoms with van der Waals surface area (Å²) in [5.41, 5.74) is -0.0972. The highest BCUT2D eigenvalue weighted by molar-refractivity contribution is 5.90. The fraction of sp³-hybridized carbons (Fsp3) is 0.200. The van der Waals surface area contributed by atoms with Crippen molar-refractivity contribution in [1.29, 1.82) is 0 Å². The summed E-state index contributed by atoms with van der Waals surface area (Å²) in [6.07, 6.45) is -11.2. The van der Waals surface area contributed by atoms with Crippen molar-refractivity contribution in [3.63, 3.8) is 0 Å². The largest absolute Gasteiger partial charge is 0.508 e. The van der Waals surface area contributed by atoms with Gasteiger partial charge in [-0.25, -0.2) is 9.59 Å². The quantitative estimate of drug-likeness (QED) is 0.274. The molecule has 1 aromatic rings. The van der Waals surface area contributed by atoms with Gasteiger partial charge in [0, 0.05) is 6.07 Å². The lowest BCUT2D eigenvalue weighted by Crippen LogP contribution is -2.34. The molecule has 0 bridgehead atoms. The SMILES string of the molecule is O=C(OC(=O)C(F)(F)F)C(F)(F)F.O=[N+]([O-])c1cccc(O)c1. The van der Waals surface area contributed by atoms with E-state index in [1.807, 2.05) is 0 Å². The monoisotopic (exact) mass is 349 g/mol. The second-order valence-corrected chi connectivity index (χ2v) is 3.45. The van der Waals surface area contributed by atoms with E-state index in [0.29, 0.717) is 0 Å². The van der Waals surface area contributed by atoms with E-state index in [1.54, 1.807) is 0 Å². The first kappa shape index (κ1) is 20.1. The highest BCUT2D eigenvalue weighted by atomic mass is 19.4. The molecule has 0 fully saturated rings. The van der Waals surface area contributed by atoms with Crippen molar-refractivity contribution in [2.75, 3.05) is 0 Å². The van der Waals surface area contributed by atoms with E-state index >= 15 is 0 Å². The fourth-order valence-electron chi connectivity index (χ4n) is 0.807. The topological polar surface area (TPSA) is 107 Å². The molecule has 0 heterocycles. The van der Waals surface area contributed by atoms with Crippen molar-refractivity contribution >= 4 is 17.6 Å². The van der Waals surface area contributed by atoms with E-state index in [9.17, 15) is 46.0 Å². The Balaban J connectivity index is 0.000000433. The highest BCUT2D eigenvalue weighted by Gasteiger charge is 2.49. The van der Waals surface area contributed by atoms with Crippen LogP contribution in [0.1, 0.15) is 0 Å². The first-order valence-corrected chi connectivity index (χ1v) is 5.08. The zero-order chi connectivity index (χ0) is 18.4. The predicted octanol–water partition coefficient (Wildman–Crippen LogP) is 2.48. The van der Waals surface area contributed by atoms with E-state index in [-0.39, 0.29) is 11.4 Å². The Morgan fingerprint density at radius 3 is 1.74 bits per heavy atom. The maximum absolute atomic E-state index is 11.2. The molecule has 0 aliphatic heterocycles. The van der Waals surface area contributed by atoms with Gasteiger partial charge in [-0.15, -0.1) is 0 Å². The Morgan fingerprint density at radius 2 is 1.48 bits per heavy atom. The molecular weight excluding hydrogens is 344 g/mol. The number of hydrogen-bond acceptors (Lipinski definition) is 6. The van der Waals surface area contributed by atoms with Crippen LogP contribution in [0.3, 0.4) is 0 Å². The Labute approximate surface area is 122 Å².